The van der Waals surface area contributed by atoms with Crippen LogP contribution in [0.15, 0.2) is 30.5 Å². The molecule has 3 rings (SSSR count). The van der Waals surface area contributed by atoms with Gasteiger partial charge in [-0.15, -0.1) is 5.10 Å². The summed E-state index contributed by atoms with van der Waals surface area (Å²) < 4.78 is 6.76. The van der Waals surface area contributed by atoms with Gasteiger partial charge in [0.1, 0.15) is 17.8 Å². The van der Waals surface area contributed by atoms with Crippen LogP contribution in [0.25, 0.3) is 11.3 Å². The van der Waals surface area contributed by atoms with Crippen LogP contribution < -0.4 is 5.32 Å². The molecule has 31 heavy (non-hydrogen) atoms. The highest BCUT2D eigenvalue weighted by molar-refractivity contribution is 5.90. The molecule has 1 saturated heterocycles. The molecule has 0 radical (unpaired) electrons. The van der Waals surface area contributed by atoms with E-state index in [1.807, 2.05) is 45.0 Å². The summed E-state index contributed by atoms with van der Waals surface area (Å²) in [4.78, 5) is 27.3. The Morgan fingerprint density at radius 1 is 1.35 bits per heavy atom. The zero-order valence-corrected chi connectivity index (χ0v) is 18.7. The number of methoxy groups -OCH3 is 1. The fraction of sp³-hybridized carbons (Fsp3) is 0.545. The Balaban J connectivity index is 1.93. The van der Waals surface area contributed by atoms with Gasteiger partial charge in [0.25, 0.3) is 0 Å². The molecule has 3 atom stereocenters. The van der Waals surface area contributed by atoms with E-state index in [9.17, 15) is 14.7 Å². The van der Waals surface area contributed by atoms with Crippen molar-refractivity contribution in [3.05, 3.63) is 36.0 Å². The van der Waals surface area contributed by atoms with Gasteiger partial charge in [-0.3, -0.25) is 9.59 Å². The van der Waals surface area contributed by atoms with Gasteiger partial charge in [0.2, 0.25) is 11.8 Å². The highest BCUT2D eigenvalue weighted by Crippen LogP contribution is 2.35. The summed E-state index contributed by atoms with van der Waals surface area (Å²) in [6, 6.07) is 6.41. The molecule has 0 unspecified atom stereocenters. The van der Waals surface area contributed by atoms with Crippen LogP contribution >= 0.6 is 0 Å². The van der Waals surface area contributed by atoms with E-state index in [2.05, 4.69) is 15.6 Å². The molecule has 168 valence electrons. The molecule has 2 N–H and O–H groups in total. The Kier molecular flexibility index (Phi) is 6.76. The summed E-state index contributed by atoms with van der Waals surface area (Å²) in [5.74, 6) is -0.547. The molecule has 0 spiro atoms. The molecule has 0 saturated carbocycles. The van der Waals surface area contributed by atoms with Gasteiger partial charge in [0, 0.05) is 32.7 Å². The summed E-state index contributed by atoms with van der Waals surface area (Å²) in [6.45, 7) is 6.43. The average molecular weight is 430 g/mol. The lowest BCUT2D eigenvalue weighted by atomic mass is 9.85. The number of rotatable bonds is 6. The number of aromatic nitrogens is 3. The van der Waals surface area contributed by atoms with Gasteiger partial charge in [-0.25, -0.2) is 4.68 Å². The number of likely N-dealkylation sites (N-methyl/N-ethyl adjacent to an activating group) is 1. The van der Waals surface area contributed by atoms with Crippen molar-refractivity contribution in [2.75, 3.05) is 20.7 Å². The number of β-amino-alcohol motifs (C(OH)–C–C–N with tert-alkyl or cyclic N) is 1. The van der Waals surface area contributed by atoms with E-state index in [0.29, 0.717) is 12.3 Å². The first-order chi connectivity index (χ1) is 14.7. The second kappa shape index (κ2) is 9.15. The number of aliphatic hydroxyl groups excluding tert-OH is 1. The van der Waals surface area contributed by atoms with Crippen LogP contribution in [0.2, 0.25) is 0 Å². The van der Waals surface area contributed by atoms with Crippen LogP contribution in [0.4, 0.5) is 0 Å². The summed E-state index contributed by atoms with van der Waals surface area (Å²) in [5.41, 5.74) is 2.03. The molecule has 2 aromatic rings. The molecule has 9 nitrogen and oxygen atoms in total. The van der Waals surface area contributed by atoms with Gasteiger partial charge >= 0.3 is 0 Å². The van der Waals surface area contributed by atoms with Crippen molar-refractivity contribution in [2.24, 2.45) is 5.41 Å². The third-order valence-corrected chi connectivity index (χ3v) is 5.47. The molecule has 0 aliphatic carbocycles. The number of carbonyl (C=O) groups is 2. The van der Waals surface area contributed by atoms with Gasteiger partial charge in [-0.2, -0.15) is 0 Å². The summed E-state index contributed by atoms with van der Waals surface area (Å²) in [6.07, 6.45) is 1.24. The monoisotopic (exact) mass is 429 g/mol. The highest BCUT2D eigenvalue weighted by Gasteiger charge is 2.45. The van der Waals surface area contributed by atoms with Gasteiger partial charge in [0.15, 0.2) is 0 Å². The van der Waals surface area contributed by atoms with E-state index < -0.39 is 23.6 Å². The summed E-state index contributed by atoms with van der Waals surface area (Å²) in [7, 11) is 3.17. The first-order valence-electron chi connectivity index (χ1n) is 10.4. The maximum Gasteiger partial charge on any atom is 0.248 e. The van der Waals surface area contributed by atoms with Crippen LogP contribution in [0.5, 0.6) is 0 Å². The molecule has 1 aliphatic rings. The predicted molar refractivity (Wildman–Crippen MR) is 115 cm³/mol. The van der Waals surface area contributed by atoms with Gasteiger partial charge < -0.3 is 20.1 Å². The number of likely N-dealkylation sites (tertiary alicyclic amines) is 1. The van der Waals surface area contributed by atoms with E-state index in [-0.39, 0.29) is 24.8 Å². The third kappa shape index (κ3) is 4.94. The first kappa shape index (κ1) is 22.9. The second-order valence-corrected chi connectivity index (χ2v) is 9.00. The fourth-order valence-electron chi connectivity index (χ4n) is 4.03. The van der Waals surface area contributed by atoms with E-state index in [0.717, 1.165) is 11.1 Å². The lowest BCUT2D eigenvalue weighted by molar-refractivity contribution is -0.144. The number of benzene rings is 1. The van der Waals surface area contributed by atoms with Crippen LogP contribution in [0.3, 0.4) is 0 Å². The molecule has 1 aromatic heterocycles. The molecule has 1 fully saturated rings. The second-order valence-electron chi connectivity index (χ2n) is 9.00. The number of ether oxygens (including phenoxy) is 1. The summed E-state index contributed by atoms with van der Waals surface area (Å²) >= 11 is 0. The zero-order valence-electron chi connectivity index (χ0n) is 18.7. The molecular formula is C22H31N5O4. The smallest absolute Gasteiger partial charge is 0.248 e. The number of hydrogen-bond acceptors (Lipinski definition) is 6. The Morgan fingerprint density at radius 3 is 2.74 bits per heavy atom. The minimum atomic E-state index is -0.735. The number of aliphatic hydroxyl groups is 1. The lowest BCUT2D eigenvalue weighted by Crippen LogP contribution is -2.49. The van der Waals surface area contributed by atoms with Crippen LogP contribution in [0, 0.1) is 5.41 Å². The summed E-state index contributed by atoms with van der Waals surface area (Å²) in [5, 5.41) is 21.3. The van der Waals surface area contributed by atoms with Crippen LogP contribution in [0.1, 0.15) is 38.8 Å². The van der Waals surface area contributed by atoms with Crippen LogP contribution in [-0.4, -0.2) is 69.7 Å². The van der Waals surface area contributed by atoms with Crippen molar-refractivity contribution in [1.82, 2.24) is 25.2 Å². The predicted octanol–water partition coefficient (Wildman–Crippen LogP) is 1.39. The van der Waals surface area contributed by atoms with Crippen LogP contribution in [-0.2, 0) is 20.9 Å². The van der Waals surface area contributed by atoms with E-state index in [4.69, 9.17) is 4.74 Å². The number of carbonyl (C=O) groups excluding carboxylic acids is 2. The first-order valence-corrected chi connectivity index (χ1v) is 10.4. The normalized spacial score (nSPS) is 20.0. The topological polar surface area (TPSA) is 110 Å². The quantitative estimate of drug-likeness (QED) is 0.718. The number of hydrogen-bond donors (Lipinski definition) is 2. The van der Waals surface area contributed by atoms with E-state index in [1.54, 1.807) is 18.0 Å². The van der Waals surface area contributed by atoms with Crippen molar-refractivity contribution in [2.45, 2.75) is 52.0 Å². The van der Waals surface area contributed by atoms with Crippen molar-refractivity contribution in [3.63, 3.8) is 0 Å². The minimum Gasteiger partial charge on any atom is -0.391 e. The number of nitrogens with one attached hydrogen (secondary N) is 1. The van der Waals surface area contributed by atoms with Crippen molar-refractivity contribution < 1.29 is 19.4 Å². The van der Waals surface area contributed by atoms with E-state index in [1.165, 1.54) is 11.9 Å². The maximum absolute atomic E-state index is 13.6. The van der Waals surface area contributed by atoms with Crippen molar-refractivity contribution in [3.8, 4) is 11.3 Å². The van der Waals surface area contributed by atoms with Gasteiger partial charge in [-0.05, 0) is 17.0 Å². The average Bonchev–Trinajstić information content (AvgIpc) is 3.34. The van der Waals surface area contributed by atoms with E-state index >= 15 is 0 Å². The minimum absolute atomic E-state index is 0.115. The molecule has 0 bridgehead atoms. The Hall–Kier alpha value is -2.78. The third-order valence-electron chi connectivity index (χ3n) is 5.47. The molecule has 1 aromatic carbocycles. The number of amides is 2. The maximum atomic E-state index is 13.6. The SMILES string of the molecule is CNC(=O)[C@@H]1C[C@@H](O)CN1C(=O)[C@@H](n1cc(-c2cccc(COC)c2)nn1)C(C)(C)C. The van der Waals surface area contributed by atoms with Gasteiger partial charge in [0.05, 0.1) is 18.9 Å². The Bertz CT molecular complexity index is 936. The molecule has 9 heteroatoms. The highest BCUT2D eigenvalue weighted by atomic mass is 16.5. The number of nitrogens with zero attached hydrogens (tertiary/aromatic N) is 4. The molecule has 1 aliphatic heterocycles. The van der Waals surface area contributed by atoms with Gasteiger partial charge in [-0.1, -0.05) is 44.2 Å². The molecular weight excluding hydrogens is 398 g/mol. The molecule has 2 heterocycles. The molecule has 2 amide bonds. The van der Waals surface area contributed by atoms with Crippen molar-refractivity contribution in [1.29, 1.82) is 0 Å². The standard InChI is InChI=1S/C22H31N5O4/c1-22(2,3)19(21(30)26-11-16(28)10-18(26)20(29)23-4)27-12-17(24-25-27)15-8-6-7-14(9-15)13-31-5/h6-9,12,16,18-19,28H,10-11,13H2,1-5H3,(H,23,29)/t16-,18+,19-/m1/s1. The Labute approximate surface area is 182 Å². The lowest BCUT2D eigenvalue weighted by Gasteiger charge is -2.34. The zero-order chi connectivity index (χ0) is 22.8. The largest absolute Gasteiger partial charge is 0.391 e. The van der Waals surface area contributed by atoms with Crippen molar-refractivity contribution >= 4 is 11.8 Å². The fourth-order valence-corrected chi connectivity index (χ4v) is 4.03. The Morgan fingerprint density at radius 2 is 2.10 bits per heavy atom.